The summed E-state index contributed by atoms with van der Waals surface area (Å²) in [6, 6.07) is 4.45. The number of halogens is 1. The first-order valence-electron chi connectivity index (χ1n) is 17.2. The molecule has 256 valence electrons. The molecule has 1 aromatic heterocycles. The van der Waals surface area contributed by atoms with Gasteiger partial charge < -0.3 is 25.8 Å². The minimum Gasteiger partial charge on any atom is -0.344 e. The second-order valence-corrected chi connectivity index (χ2v) is 13.8. The number of amides is 4. The Kier molecular flexibility index (Phi) is 11.3. The zero-order valence-corrected chi connectivity index (χ0v) is 28.1. The van der Waals surface area contributed by atoms with E-state index in [4.69, 9.17) is 0 Å². The number of nitrogens with zero attached hydrogens (tertiary/aromatic N) is 4. The Balaban J connectivity index is 1.31. The van der Waals surface area contributed by atoms with Gasteiger partial charge in [0.1, 0.15) is 23.6 Å². The summed E-state index contributed by atoms with van der Waals surface area (Å²) < 4.78 is 17.3. The Morgan fingerprint density at radius 1 is 0.979 bits per heavy atom. The van der Waals surface area contributed by atoms with Crippen LogP contribution in [-0.4, -0.2) is 88.5 Å². The molecule has 12 heteroatoms. The van der Waals surface area contributed by atoms with Crippen molar-refractivity contribution in [2.24, 2.45) is 17.8 Å². The molecule has 1 aliphatic heterocycles. The standard InChI is InChI=1S/C35H50FN7O4/c1-5-43-29(14-15-37-43)33(45)40-32(25-10-6-22(2)7-11-25)34(46)38-28-13-12-26(21-27(28)36)23(3)31(39-30(44)20-24-8-9-24)35(47)42-18-16-41(4)17-19-42/h12-15,21-25,31-32H,5-11,16-20H2,1-4H3,(H,38,46)(H,39,44)(H,40,45)/t22-,23-,25-,31+,32-/m0/s1. The Morgan fingerprint density at radius 2 is 1.68 bits per heavy atom. The molecule has 3 atom stereocenters. The molecular formula is C35H50FN7O4. The van der Waals surface area contributed by atoms with Crippen LogP contribution in [0.3, 0.4) is 0 Å². The van der Waals surface area contributed by atoms with Crippen LogP contribution in [0.4, 0.5) is 10.1 Å². The van der Waals surface area contributed by atoms with Crippen LogP contribution >= 0.6 is 0 Å². The van der Waals surface area contributed by atoms with E-state index in [2.05, 4.69) is 32.9 Å². The minimum absolute atomic E-state index is 0.00677. The fourth-order valence-corrected chi connectivity index (χ4v) is 6.77. The summed E-state index contributed by atoms with van der Waals surface area (Å²) in [5.41, 5.74) is 0.898. The van der Waals surface area contributed by atoms with Crippen LogP contribution in [0.25, 0.3) is 0 Å². The van der Waals surface area contributed by atoms with E-state index < -0.39 is 35.6 Å². The lowest BCUT2D eigenvalue weighted by atomic mass is 9.79. The molecule has 3 fully saturated rings. The normalized spacial score (nSPS) is 22.2. The van der Waals surface area contributed by atoms with Crippen LogP contribution < -0.4 is 16.0 Å². The van der Waals surface area contributed by atoms with Gasteiger partial charge in [0.15, 0.2) is 0 Å². The molecule has 11 nitrogen and oxygen atoms in total. The number of anilines is 1. The first-order valence-corrected chi connectivity index (χ1v) is 17.2. The van der Waals surface area contributed by atoms with Gasteiger partial charge in [0.05, 0.1) is 5.69 Å². The highest BCUT2D eigenvalue weighted by molar-refractivity contribution is 6.00. The Labute approximate surface area is 277 Å². The van der Waals surface area contributed by atoms with Gasteiger partial charge >= 0.3 is 0 Å². The second-order valence-electron chi connectivity index (χ2n) is 13.8. The van der Waals surface area contributed by atoms with E-state index >= 15 is 4.39 Å². The third-order valence-electron chi connectivity index (χ3n) is 10.2. The van der Waals surface area contributed by atoms with Crippen molar-refractivity contribution in [2.75, 3.05) is 38.5 Å². The molecular weight excluding hydrogens is 601 g/mol. The first-order chi connectivity index (χ1) is 22.5. The third kappa shape index (κ3) is 8.77. The molecule has 0 radical (unpaired) electrons. The van der Waals surface area contributed by atoms with Crippen molar-refractivity contribution in [3.63, 3.8) is 0 Å². The summed E-state index contributed by atoms with van der Waals surface area (Å²) in [5, 5.41) is 12.8. The van der Waals surface area contributed by atoms with Crippen LogP contribution in [0.5, 0.6) is 0 Å². The first kappa shape index (κ1) is 34.5. The van der Waals surface area contributed by atoms with E-state index in [0.717, 1.165) is 51.6 Å². The van der Waals surface area contributed by atoms with E-state index in [0.29, 0.717) is 49.1 Å². The summed E-state index contributed by atoms with van der Waals surface area (Å²) in [5.74, 6) is -1.54. The quantitative estimate of drug-likeness (QED) is 0.321. The number of aromatic nitrogens is 2. The summed E-state index contributed by atoms with van der Waals surface area (Å²) in [6.45, 7) is 9.02. The number of hydrogen-bond donors (Lipinski definition) is 3. The third-order valence-corrected chi connectivity index (χ3v) is 10.2. The lowest BCUT2D eigenvalue weighted by molar-refractivity contribution is -0.138. The number of hydrogen-bond acceptors (Lipinski definition) is 6. The Hall–Kier alpha value is -3.80. The molecule has 0 unspecified atom stereocenters. The van der Waals surface area contributed by atoms with Crippen molar-refractivity contribution in [1.82, 2.24) is 30.2 Å². The molecule has 3 N–H and O–H groups in total. The maximum Gasteiger partial charge on any atom is 0.270 e. The van der Waals surface area contributed by atoms with Crippen molar-refractivity contribution >= 4 is 29.3 Å². The van der Waals surface area contributed by atoms with Gasteiger partial charge in [-0.15, -0.1) is 0 Å². The number of aryl methyl sites for hydroxylation is 1. The van der Waals surface area contributed by atoms with Crippen LogP contribution in [0.1, 0.15) is 87.7 Å². The Morgan fingerprint density at radius 3 is 2.32 bits per heavy atom. The summed E-state index contributed by atoms with van der Waals surface area (Å²) in [6.07, 6.45) is 7.43. The maximum absolute atomic E-state index is 15.7. The molecule has 2 aliphatic carbocycles. The number of carbonyl (C=O) groups is 4. The van der Waals surface area contributed by atoms with Crippen molar-refractivity contribution in [3.8, 4) is 0 Å². The number of rotatable bonds is 12. The second kappa shape index (κ2) is 15.4. The topological polar surface area (TPSA) is 129 Å². The molecule has 2 saturated carbocycles. The van der Waals surface area contributed by atoms with E-state index in [1.807, 2.05) is 20.9 Å². The summed E-state index contributed by atoms with van der Waals surface area (Å²) in [7, 11) is 2.01. The number of benzene rings is 1. The SMILES string of the molecule is CCn1nccc1C(=O)N[C@H](C(=O)Nc1ccc([C@H](C)[C@@H](NC(=O)CC2CC2)C(=O)N2CCN(C)CC2)cc1F)[C@H]1CC[C@H](C)CC1. The zero-order chi connectivity index (χ0) is 33.7. The largest absolute Gasteiger partial charge is 0.344 e. The van der Waals surface area contributed by atoms with Crippen LogP contribution in [-0.2, 0) is 20.9 Å². The minimum atomic E-state index is -0.847. The van der Waals surface area contributed by atoms with Gasteiger partial charge in [0.25, 0.3) is 5.91 Å². The predicted octanol–water partition coefficient (Wildman–Crippen LogP) is 3.77. The van der Waals surface area contributed by atoms with Gasteiger partial charge in [0.2, 0.25) is 17.7 Å². The fourth-order valence-electron chi connectivity index (χ4n) is 6.77. The van der Waals surface area contributed by atoms with Crippen molar-refractivity contribution in [1.29, 1.82) is 0 Å². The van der Waals surface area contributed by atoms with Gasteiger partial charge in [-0.3, -0.25) is 23.9 Å². The van der Waals surface area contributed by atoms with Crippen molar-refractivity contribution in [2.45, 2.75) is 90.3 Å². The molecule has 2 aromatic rings. The number of likely N-dealkylation sites (N-methyl/N-ethyl adjacent to an activating group) is 1. The van der Waals surface area contributed by atoms with Gasteiger partial charge in [-0.05, 0) is 81.2 Å². The molecule has 2 heterocycles. The highest BCUT2D eigenvalue weighted by Gasteiger charge is 2.36. The lowest BCUT2D eigenvalue weighted by Crippen LogP contribution is -2.55. The van der Waals surface area contributed by atoms with E-state index in [9.17, 15) is 19.2 Å². The fraction of sp³-hybridized carbons (Fsp3) is 0.629. The molecule has 1 saturated heterocycles. The van der Waals surface area contributed by atoms with Crippen molar-refractivity contribution < 1.29 is 23.6 Å². The molecule has 0 spiro atoms. The molecule has 4 amide bonds. The van der Waals surface area contributed by atoms with Crippen LogP contribution in [0, 0.1) is 23.6 Å². The maximum atomic E-state index is 15.7. The molecule has 0 bridgehead atoms. The number of carbonyl (C=O) groups excluding carboxylic acids is 4. The summed E-state index contributed by atoms with van der Waals surface area (Å²) in [4.78, 5) is 57.5. The highest BCUT2D eigenvalue weighted by atomic mass is 19.1. The van der Waals surface area contributed by atoms with Crippen molar-refractivity contribution in [3.05, 3.63) is 47.5 Å². The number of nitrogens with one attached hydrogen (secondary N) is 3. The highest BCUT2D eigenvalue weighted by Crippen LogP contribution is 2.33. The molecule has 1 aromatic carbocycles. The molecule has 5 rings (SSSR count). The van der Waals surface area contributed by atoms with Crippen LogP contribution in [0.2, 0.25) is 0 Å². The predicted molar refractivity (Wildman–Crippen MR) is 177 cm³/mol. The van der Waals surface area contributed by atoms with Gasteiger partial charge in [-0.1, -0.05) is 32.8 Å². The van der Waals surface area contributed by atoms with Gasteiger partial charge in [-0.25, -0.2) is 4.39 Å². The van der Waals surface area contributed by atoms with E-state index in [-0.39, 0.29) is 23.4 Å². The zero-order valence-electron chi connectivity index (χ0n) is 28.1. The smallest absolute Gasteiger partial charge is 0.270 e. The average Bonchev–Trinajstić information content (AvgIpc) is 3.74. The van der Waals surface area contributed by atoms with Gasteiger partial charge in [-0.2, -0.15) is 5.10 Å². The van der Waals surface area contributed by atoms with E-state index in [1.165, 1.54) is 12.1 Å². The number of piperazine rings is 1. The van der Waals surface area contributed by atoms with Crippen LogP contribution in [0.15, 0.2) is 30.5 Å². The van der Waals surface area contributed by atoms with Gasteiger partial charge in [0, 0.05) is 51.3 Å². The average molecular weight is 652 g/mol. The molecule has 47 heavy (non-hydrogen) atoms. The monoisotopic (exact) mass is 651 g/mol. The Bertz CT molecular complexity index is 1430. The molecule has 3 aliphatic rings. The van der Waals surface area contributed by atoms with E-state index in [1.54, 1.807) is 27.9 Å². The summed E-state index contributed by atoms with van der Waals surface area (Å²) >= 11 is 0. The lowest BCUT2D eigenvalue weighted by Gasteiger charge is -2.36.